The van der Waals surface area contributed by atoms with Crippen LogP contribution >= 0.6 is 11.3 Å². The Morgan fingerprint density at radius 3 is 2.46 bits per heavy atom. The van der Waals surface area contributed by atoms with Gasteiger partial charge in [0.05, 0.1) is 10.5 Å². The van der Waals surface area contributed by atoms with Crippen molar-refractivity contribution in [3.05, 3.63) is 46.8 Å². The van der Waals surface area contributed by atoms with Gasteiger partial charge in [0, 0.05) is 25.2 Å². The van der Waals surface area contributed by atoms with Crippen LogP contribution in [0.25, 0.3) is 0 Å². The smallest absolute Gasteiger partial charge is 0.256 e. The Balaban J connectivity index is 1.76. The molecule has 150 valence electrons. The van der Waals surface area contributed by atoms with Crippen LogP contribution in [0.2, 0.25) is 0 Å². The number of thiophene rings is 1. The van der Waals surface area contributed by atoms with Crippen LogP contribution in [0, 0.1) is 0 Å². The summed E-state index contributed by atoms with van der Waals surface area (Å²) in [5.41, 5.74) is 0.709. The van der Waals surface area contributed by atoms with E-state index in [1.165, 1.54) is 47.0 Å². The average molecular weight is 422 g/mol. The molecule has 28 heavy (non-hydrogen) atoms. The van der Waals surface area contributed by atoms with E-state index in [2.05, 4.69) is 10.6 Å². The molecule has 0 radical (unpaired) electrons. The minimum absolute atomic E-state index is 0.0244. The third-order valence-corrected chi connectivity index (χ3v) is 7.69. The van der Waals surface area contributed by atoms with Crippen LogP contribution in [-0.4, -0.2) is 44.2 Å². The molecule has 7 nitrogen and oxygen atoms in total. The van der Waals surface area contributed by atoms with Crippen molar-refractivity contribution in [1.82, 2.24) is 9.62 Å². The quantitative estimate of drug-likeness (QED) is 0.776. The van der Waals surface area contributed by atoms with E-state index in [0.29, 0.717) is 22.7 Å². The standard InChI is InChI=1S/C19H23N3O4S2/c1-13-5-3-4-11-22(13)28(25,26)15-8-6-14(7-9-15)17(23)21-19-16(10-12-27-19)18(24)20-2/h6-10,12-13H,3-5,11H2,1-2H3,(H,20,24)(H,21,23)/t13-/m1/s1. The second kappa shape index (κ2) is 8.42. The Labute approximate surface area is 168 Å². The summed E-state index contributed by atoms with van der Waals surface area (Å²) in [7, 11) is -2.05. The lowest BCUT2D eigenvalue weighted by molar-refractivity contribution is 0.0964. The van der Waals surface area contributed by atoms with Crippen LogP contribution in [0.5, 0.6) is 0 Å². The number of carbonyl (C=O) groups excluding carboxylic acids is 2. The van der Waals surface area contributed by atoms with E-state index in [-0.39, 0.29) is 16.8 Å². The molecule has 2 N–H and O–H groups in total. The van der Waals surface area contributed by atoms with Gasteiger partial charge in [0.25, 0.3) is 11.8 Å². The number of nitrogens with zero attached hydrogens (tertiary/aromatic N) is 1. The van der Waals surface area contributed by atoms with Gasteiger partial charge >= 0.3 is 0 Å². The summed E-state index contributed by atoms with van der Waals surface area (Å²) in [6, 6.07) is 7.51. The molecular formula is C19H23N3O4S2. The lowest BCUT2D eigenvalue weighted by atomic mass is 10.1. The summed E-state index contributed by atoms with van der Waals surface area (Å²) in [6.45, 7) is 2.44. The molecule has 1 atom stereocenters. The molecule has 0 spiro atoms. The zero-order chi connectivity index (χ0) is 20.3. The lowest BCUT2D eigenvalue weighted by Crippen LogP contribution is -2.41. The molecule has 2 amide bonds. The van der Waals surface area contributed by atoms with Crippen LogP contribution in [0.15, 0.2) is 40.6 Å². The first-order valence-corrected chi connectivity index (χ1v) is 11.4. The zero-order valence-electron chi connectivity index (χ0n) is 15.8. The van der Waals surface area contributed by atoms with Gasteiger partial charge in [-0.3, -0.25) is 9.59 Å². The first-order valence-electron chi connectivity index (χ1n) is 9.07. The molecule has 0 bridgehead atoms. The third-order valence-electron chi connectivity index (χ3n) is 4.83. The summed E-state index contributed by atoms with van der Waals surface area (Å²) >= 11 is 1.25. The number of amides is 2. The van der Waals surface area contributed by atoms with E-state index in [1.54, 1.807) is 11.4 Å². The fourth-order valence-corrected chi connectivity index (χ4v) is 5.72. The van der Waals surface area contributed by atoms with Gasteiger partial charge in [0.1, 0.15) is 5.00 Å². The molecule has 0 unspecified atom stereocenters. The molecule has 2 aromatic rings. The van der Waals surface area contributed by atoms with Crippen LogP contribution < -0.4 is 10.6 Å². The van der Waals surface area contributed by atoms with Crippen LogP contribution in [0.3, 0.4) is 0 Å². The summed E-state index contributed by atoms with van der Waals surface area (Å²) < 4.78 is 27.3. The minimum atomic E-state index is -3.57. The highest BCUT2D eigenvalue weighted by molar-refractivity contribution is 7.89. The Kier molecular flexibility index (Phi) is 6.17. The summed E-state index contributed by atoms with van der Waals surface area (Å²) in [6.07, 6.45) is 2.75. The molecule has 2 heterocycles. The Morgan fingerprint density at radius 1 is 1.11 bits per heavy atom. The van der Waals surface area contributed by atoms with Gasteiger partial charge in [-0.25, -0.2) is 8.42 Å². The molecular weight excluding hydrogens is 398 g/mol. The van der Waals surface area contributed by atoms with E-state index in [4.69, 9.17) is 0 Å². The van der Waals surface area contributed by atoms with Crippen LogP contribution in [0.4, 0.5) is 5.00 Å². The van der Waals surface area contributed by atoms with Crippen LogP contribution in [0.1, 0.15) is 46.9 Å². The van der Waals surface area contributed by atoms with Crippen molar-refractivity contribution in [3.8, 4) is 0 Å². The van der Waals surface area contributed by atoms with E-state index >= 15 is 0 Å². The fourth-order valence-electron chi connectivity index (χ4n) is 3.24. The first kappa shape index (κ1) is 20.5. The predicted octanol–water partition coefficient (Wildman–Crippen LogP) is 2.92. The Morgan fingerprint density at radius 2 is 1.82 bits per heavy atom. The van der Waals surface area contributed by atoms with Gasteiger partial charge < -0.3 is 10.6 Å². The number of nitrogens with one attached hydrogen (secondary N) is 2. The van der Waals surface area contributed by atoms with Crippen molar-refractivity contribution >= 4 is 38.2 Å². The van der Waals surface area contributed by atoms with E-state index in [9.17, 15) is 18.0 Å². The number of piperidine rings is 1. The first-order chi connectivity index (χ1) is 13.3. The average Bonchev–Trinajstić information content (AvgIpc) is 3.15. The van der Waals surface area contributed by atoms with Gasteiger partial charge in [-0.05, 0) is 55.5 Å². The second-order valence-corrected chi connectivity index (χ2v) is 9.49. The summed E-state index contributed by atoms with van der Waals surface area (Å²) in [5.74, 6) is -0.684. The second-order valence-electron chi connectivity index (χ2n) is 6.68. The monoisotopic (exact) mass is 421 g/mol. The summed E-state index contributed by atoms with van der Waals surface area (Å²) in [5, 5.41) is 7.40. The predicted molar refractivity (Wildman–Crippen MR) is 109 cm³/mol. The van der Waals surface area contributed by atoms with Crippen molar-refractivity contribution in [2.45, 2.75) is 37.1 Å². The highest BCUT2D eigenvalue weighted by Crippen LogP contribution is 2.26. The fraction of sp³-hybridized carbons (Fsp3) is 0.368. The molecule has 1 aromatic carbocycles. The highest BCUT2D eigenvalue weighted by Gasteiger charge is 2.31. The molecule has 3 rings (SSSR count). The SMILES string of the molecule is CNC(=O)c1ccsc1NC(=O)c1ccc(S(=O)(=O)N2CCCC[C@H]2C)cc1. The number of anilines is 1. The van der Waals surface area contributed by atoms with Crippen molar-refractivity contribution < 1.29 is 18.0 Å². The van der Waals surface area contributed by atoms with Gasteiger partial charge in [0.2, 0.25) is 10.0 Å². The normalized spacial score (nSPS) is 17.9. The molecule has 0 saturated carbocycles. The largest absolute Gasteiger partial charge is 0.355 e. The number of sulfonamides is 1. The van der Waals surface area contributed by atoms with Crippen molar-refractivity contribution in [1.29, 1.82) is 0 Å². The van der Waals surface area contributed by atoms with Gasteiger partial charge in [-0.15, -0.1) is 11.3 Å². The lowest BCUT2D eigenvalue weighted by Gasteiger charge is -2.32. The Bertz CT molecular complexity index is 967. The van der Waals surface area contributed by atoms with Crippen molar-refractivity contribution in [3.63, 3.8) is 0 Å². The highest BCUT2D eigenvalue weighted by atomic mass is 32.2. The molecule has 9 heteroatoms. The van der Waals surface area contributed by atoms with Gasteiger partial charge in [-0.1, -0.05) is 6.42 Å². The van der Waals surface area contributed by atoms with E-state index in [1.807, 2.05) is 6.92 Å². The van der Waals surface area contributed by atoms with Gasteiger partial charge in [0.15, 0.2) is 0 Å². The molecule has 0 aliphatic carbocycles. The maximum atomic E-state index is 12.9. The molecule has 1 fully saturated rings. The number of benzene rings is 1. The maximum absolute atomic E-state index is 12.9. The van der Waals surface area contributed by atoms with Crippen molar-refractivity contribution in [2.24, 2.45) is 0 Å². The number of hydrogen-bond donors (Lipinski definition) is 2. The van der Waals surface area contributed by atoms with E-state index < -0.39 is 15.9 Å². The van der Waals surface area contributed by atoms with E-state index in [0.717, 1.165) is 19.3 Å². The molecule has 1 aliphatic rings. The zero-order valence-corrected chi connectivity index (χ0v) is 17.4. The van der Waals surface area contributed by atoms with Crippen molar-refractivity contribution in [2.75, 3.05) is 18.9 Å². The van der Waals surface area contributed by atoms with Gasteiger partial charge in [-0.2, -0.15) is 4.31 Å². The third kappa shape index (κ3) is 4.11. The summed E-state index contributed by atoms with van der Waals surface area (Å²) in [4.78, 5) is 24.5. The molecule has 1 saturated heterocycles. The number of rotatable bonds is 5. The minimum Gasteiger partial charge on any atom is -0.355 e. The number of hydrogen-bond acceptors (Lipinski definition) is 5. The van der Waals surface area contributed by atoms with Crippen LogP contribution in [-0.2, 0) is 10.0 Å². The number of carbonyl (C=O) groups is 2. The molecule has 1 aromatic heterocycles. The topological polar surface area (TPSA) is 95.6 Å². The molecule has 1 aliphatic heterocycles. The Hall–Kier alpha value is -2.23. The maximum Gasteiger partial charge on any atom is 0.256 e.